The van der Waals surface area contributed by atoms with Gasteiger partial charge in [-0.25, -0.2) is 0 Å². The van der Waals surface area contributed by atoms with Crippen molar-refractivity contribution in [1.29, 1.82) is 0 Å². The molecule has 0 aliphatic heterocycles. The predicted octanol–water partition coefficient (Wildman–Crippen LogP) is 2.21. The molecule has 0 radical (unpaired) electrons. The molecule has 0 aromatic heterocycles. The van der Waals surface area contributed by atoms with Crippen molar-refractivity contribution in [2.24, 2.45) is 11.7 Å². The molecule has 0 unspecified atom stereocenters. The van der Waals surface area contributed by atoms with Crippen LogP contribution in [0.2, 0.25) is 0 Å². The van der Waals surface area contributed by atoms with Gasteiger partial charge in [-0.1, -0.05) is 6.42 Å². The molecule has 3 N–H and O–H groups in total. The second-order valence-corrected chi connectivity index (χ2v) is 6.25. The van der Waals surface area contributed by atoms with Crippen molar-refractivity contribution in [3.05, 3.63) is 27.8 Å². The van der Waals surface area contributed by atoms with E-state index in [2.05, 4.69) is 5.32 Å². The van der Waals surface area contributed by atoms with Gasteiger partial charge in [-0.2, -0.15) is 0 Å². The van der Waals surface area contributed by atoms with Gasteiger partial charge in [0, 0.05) is 24.6 Å². The first-order valence-electron chi connectivity index (χ1n) is 8.37. The summed E-state index contributed by atoms with van der Waals surface area (Å²) in [5, 5.41) is 14.1. The van der Waals surface area contributed by atoms with Gasteiger partial charge >= 0.3 is 0 Å². The number of benzene rings is 1. The van der Waals surface area contributed by atoms with E-state index in [0.29, 0.717) is 36.4 Å². The summed E-state index contributed by atoms with van der Waals surface area (Å²) >= 11 is 0. The Kier molecular flexibility index (Phi) is 8.60. The van der Waals surface area contributed by atoms with Crippen molar-refractivity contribution in [1.82, 2.24) is 5.32 Å². The number of nitrogens with zero attached hydrogens (tertiary/aromatic N) is 1. The van der Waals surface area contributed by atoms with Crippen LogP contribution >= 0.6 is 12.4 Å². The molecule has 1 aliphatic carbocycles. The molecule has 1 fully saturated rings. The maximum Gasteiger partial charge on any atom is 0.276 e. The molecule has 8 nitrogen and oxygen atoms in total. The molecule has 1 aromatic rings. The van der Waals surface area contributed by atoms with Gasteiger partial charge in [0.2, 0.25) is 5.91 Å². The summed E-state index contributed by atoms with van der Waals surface area (Å²) in [6.07, 6.45) is 3.76. The van der Waals surface area contributed by atoms with E-state index in [9.17, 15) is 14.9 Å². The largest absolute Gasteiger partial charge is 0.493 e. The molecule has 146 valence electrons. The molecule has 0 bridgehead atoms. The number of carbonyl (C=O) groups excluding carboxylic acids is 1. The molecule has 9 heteroatoms. The fourth-order valence-electron chi connectivity index (χ4n) is 3.25. The number of nitrogens with one attached hydrogen (secondary N) is 1. The van der Waals surface area contributed by atoms with Gasteiger partial charge in [-0.3, -0.25) is 14.9 Å². The maximum atomic E-state index is 12.0. The number of hydrogen-bond donors (Lipinski definition) is 2. The lowest BCUT2D eigenvalue weighted by molar-refractivity contribution is -0.385. The molecule has 2 atom stereocenters. The van der Waals surface area contributed by atoms with Crippen LogP contribution in [0.25, 0.3) is 0 Å². The van der Waals surface area contributed by atoms with Crippen molar-refractivity contribution >= 4 is 24.0 Å². The Hall–Kier alpha value is -2.06. The summed E-state index contributed by atoms with van der Waals surface area (Å²) in [4.78, 5) is 22.8. The predicted molar refractivity (Wildman–Crippen MR) is 100 cm³/mol. The van der Waals surface area contributed by atoms with Crippen LogP contribution in [0.15, 0.2) is 12.1 Å². The highest BCUT2D eigenvalue weighted by molar-refractivity contribution is 5.85. The summed E-state index contributed by atoms with van der Waals surface area (Å²) in [7, 11) is 2.90. The summed E-state index contributed by atoms with van der Waals surface area (Å²) in [6.45, 7) is 0.317. The van der Waals surface area contributed by atoms with Crippen LogP contribution in [-0.2, 0) is 11.2 Å². The average Bonchev–Trinajstić information content (AvgIpc) is 2.98. The molecular weight excluding hydrogens is 362 g/mol. The fraction of sp³-hybridized carbons (Fsp3) is 0.588. The van der Waals surface area contributed by atoms with Crippen molar-refractivity contribution in [2.45, 2.75) is 38.1 Å². The zero-order chi connectivity index (χ0) is 18.4. The number of ether oxygens (including phenoxy) is 2. The minimum Gasteiger partial charge on any atom is -0.493 e. The van der Waals surface area contributed by atoms with E-state index in [0.717, 1.165) is 19.3 Å². The van der Waals surface area contributed by atoms with Crippen LogP contribution in [-0.4, -0.2) is 37.6 Å². The van der Waals surface area contributed by atoms with Crippen molar-refractivity contribution in [2.75, 3.05) is 20.8 Å². The van der Waals surface area contributed by atoms with E-state index in [1.165, 1.54) is 20.3 Å². The Balaban J connectivity index is 0.00000338. The topological polar surface area (TPSA) is 117 Å². The minimum atomic E-state index is -0.462. The van der Waals surface area contributed by atoms with Crippen LogP contribution in [0.1, 0.15) is 31.2 Å². The SMILES string of the molecule is COc1cc(CCNC(=O)C[C@@H]2CCC[C@H]2N)c([N+](=O)[O-])cc1OC.Cl. The Labute approximate surface area is 159 Å². The summed E-state index contributed by atoms with van der Waals surface area (Å²) in [5.74, 6) is 0.893. The van der Waals surface area contributed by atoms with Crippen LogP contribution in [0, 0.1) is 16.0 Å². The van der Waals surface area contributed by atoms with Crippen LogP contribution in [0.4, 0.5) is 5.69 Å². The highest BCUT2D eigenvalue weighted by atomic mass is 35.5. The first kappa shape index (κ1) is 22.0. The number of methoxy groups -OCH3 is 2. The molecular formula is C17H26ClN3O5. The zero-order valence-corrected chi connectivity index (χ0v) is 15.8. The highest BCUT2D eigenvalue weighted by Crippen LogP contribution is 2.34. The van der Waals surface area contributed by atoms with Gasteiger partial charge in [0.1, 0.15) is 0 Å². The number of nitro groups is 1. The summed E-state index contributed by atoms with van der Waals surface area (Å²) in [5.41, 5.74) is 6.41. The van der Waals surface area contributed by atoms with E-state index in [4.69, 9.17) is 15.2 Å². The standard InChI is InChI=1S/C17H25N3O5.ClH/c1-24-15-8-12(14(20(22)23)10-16(15)25-2)6-7-19-17(21)9-11-4-3-5-13(11)18;/h8,10-11,13H,3-7,9,18H2,1-2H3,(H,19,21);1H/t11-,13+;/m0./s1. The van der Waals surface area contributed by atoms with E-state index in [1.54, 1.807) is 6.07 Å². The van der Waals surface area contributed by atoms with E-state index in [1.807, 2.05) is 0 Å². The third-order valence-corrected chi connectivity index (χ3v) is 4.66. The monoisotopic (exact) mass is 387 g/mol. The number of carbonyl (C=O) groups is 1. The molecule has 26 heavy (non-hydrogen) atoms. The van der Waals surface area contributed by atoms with Gasteiger partial charge in [0.25, 0.3) is 5.69 Å². The summed E-state index contributed by atoms with van der Waals surface area (Å²) in [6, 6.07) is 3.02. The van der Waals surface area contributed by atoms with Gasteiger partial charge in [0.05, 0.1) is 25.2 Å². The maximum absolute atomic E-state index is 12.0. The molecule has 1 saturated carbocycles. The molecule has 0 heterocycles. The Morgan fingerprint density at radius 2 is 1.96 bits per heavy atom. The lowest BCUT2D eigenvalue weighted by atomic mass is 10.00. The van der Waals surface area contributed by atoms with Crippen LogP contribution in [0.3, 0.4) is 0 Å². The summed E-state index contributed by atoms with van der Waals surface area (Å²) < 4.78 is 10.3. The number of nitro benzene ring substituents is 1. The first-order chi connectivity index (χ1) is 12.0. The average molecular weight is 388 g/mol. The number of hydrogen-bond acceptors (Lipinski definition) is 6. The minimum absolute atomic E-state index is 0. The van der Waals surface area contributed by atoms with Crippen LogP contribution < -0.4 is 20.5 Å². The molecule has 2 rings (SSSR count). The number of amides is 1. The lowest BCUT2D eigenvalue weighted by Crippen LogP contribution is -2.32. The number of halogens is 1. The Morgan fingerprint density at radius 3 is 2.50 bits per heavy atom. The van der Waals surface area contributed by atoms with Crippen molar-refractivity contribution in [3.8, 4) is 11.5 Å². The molecule has 1 amide bonds. The molecule has 1 aliphatic rings. The first-order valence-corrected chi connectivity index (χ1v) is 8.37. The second-order valence-electron chi connectivity index (χ2n) is 6.25. The van der Waals surface area contributed by atoms with Crippen LogP contribution in [0.5, 0.6) is 11.5 Å². The number of nitrogens with two attached hydrogens (primary N) is 1. The number of rotatable bonds is 8. The van der Waals surface area contributed by atoms with Gasteiger partial charge in [-0.15, -0.1) is 12.4 Å². The molecule has 0 saturated heterocycles. The smallest absolute Gasteiger partial charge is 0.276 e. The van der Waals surface area contributed by atoms with E-state index < -0.39 is 4.92 Å². The quantitative estimate of drug-likeness (QED) is 0.521. The van der Waals surface area contributed by atoms with Crippen molar-refractivity contribution < 1.29 is 19.2 Å². The molecule has 1 aromatic carbocycles. The Morgan fingerprint density at radius 1 is 1.31 bits per heavy atom. The molecule has 0 spiro atoms. The zero-order valence-electron chi connectivity index (χ0n) is 15.0. The third kappa shape index (κ3) is 5.47. The Bertz CT molecular complexity index is 641. The highest BCUT2D eigenvalue weighted by Gasteiger charge is 2.26. The fourth-order valence-corrected chi connectivity index (χ4v) is 3.25. The van der Waals surface area contributed by atoms with E-state index >= 15 is 0 Å². The van der Waals surface area contributed by atoms with Gasteiger partial charge < -0.3 is 20.5 Å². The normalized spacial score (nSPS) is 18.7. The van der Waals surface area contributed by atoms with Crippen molar-refractivity contribution in [3.63, 3.8) is 0 Å². The van der Waals surface area contributed by atoms with E-state index in [-0.39, 0.29) is 36.0 Å². The third-order valence-electron chi connectivity index (χ3n) is 4.66. The lowest BCUT2D eigenvalue weighted by Gasteiger charge is -2.15. The van der Waals surface area contributed by atoms with Gasteiger partial charge in [0.15, 0.2) is 11.5 Å². The van der Waals surface area contributed by atoms with Gasteiger partial charge in [-0.05, 0) is 31.2 Å². The second kappa shape index (κ2) is 10.2.